The zero-order valence-electron chi connectivity index (χ0n) is 15.7. The van der Waals surface area contributed by atoms with Crippen molar-refractivity contribution in [3.05, 3.63) is 59.2 Å². The van der Waals surface area contributed by atoms with E-state index in [4.69, 9.17) is 11.6 Å². The SMILES string of the molecule is Cc1cc(C)c(C2(Cl)C(=O)N3C4CCC(C4)N3C2=O)[c-]c1-c1ccccc1.[W]. The minimum absolute atomic E-state index is 0. The third-order valence-electron chi connectivity index (χ3n) is 6.19. The van der Waals surface area contributed by atoms with Crippen molar-refractivity contribution in [3.8, 4) is 11.1 Å². The molecule has 1 saturated carbocycles. The molecule has 2 atom stereocenters. The average molecular weight is 564 g/mol. The molecule has 0 radical (unpaired) electrons. The van der Waals surface area contributed by atoms with Crippen molar-refractivity contribution in [2.24, 2.45) is 0 Å². The van der Waals surface area contributed by atoms with Crippen LogP contribution in [0.4, 0.5) is 0 Å². The second kappa shape index (κ2) is 6.71. The number of benzene rings is 2. The van der Waals surface area contributed by atoms with E-state index in [0.29, 0.717) is 5.56 Å². The molecular formula is C22H20ClN2O2W-. The zero-order valence-corrected chi connectivity index (χ0v) is 19.4. The van der Waals surface area contributed by atoms with Crippen LogP contribution >= 0.6 is 11.6 Å². The fourth-order valence-electron chi connectivity index (χ4n) is 4.93. The number of alkyl halides is 1. The molecule has 28 heavy (non-hydrogen) atoms. The van der Waals surface area contributed by atoms with E-state index in [2.05, 4.69) is 6.07 Å². The van der Waals surface area contributed by atoms with E-state index in [1.54, 1.807) is 10.0 Å². The summed E-state index contributed by atoms with van der Waals surface area (Å²) in [5, 5.41) is 3.25. The van der Waals surface area contributed by atoms with E-state index in [0.717, 1.165) is 41.5 Å². The largest absolute Gasteiger partial charge is 0.275 e. The van der Waals surface area contributed by atoms with Crippen molar-refractivity contribution >= 4 is 23.4 Å². The number of nitrogens with zero attached hydrogens (tertiary/aromatic N) is 2. The van der Waals surface area contributed by atoms with Gasteiger partial charge in [-0.2, -0.15) is 0 Å². The van der Waals surface area contributed by atoms with Gasteiger partial charge in [-0.1, -0.05) is 66.9 Å². The Hall–Kier alpha value is -1.64. The molecule has 2 amide bonds. The van der Waals surface area contributed by atoms with Gasteiger partial charge in [-0.15, -0.1) is 28.8 Å². The van der Waals surface area contributed by atoms with Gasteiger partial charge in [-0.3, -0.25) is 9.59 Å². The van der Waals surface area contributed by atoms with Gasteiger partial charge in [-0.05, 0) is 19.3 Å². The maximum Gasteiger partial charge on any atom is 0.275 e. The zero-order chi connectivity index (χ0) is 18.9. The summed E-state index contributed by atoms with van der Waals surface area (Å²) in [6, 6.07) is 15.4. The molecule has 3 aliphatic rings. The summed E-state index contributed by atoms with van der Waals surface area (Å²) in [7, 11) is 0. The van der Waals surface area contributed by atoms with Gasteiger partial charge in [0.15, 0.2) is 0 Å². The molecule has 5 rings (SSSR count). The Kier molecular flexibility index (Phi) is 4.71. The molecule has 2 heterocycles. The summed E-state index contributed by atoms with van der Waals surface area (Å²) < 4.78 is 0. The van der Waals surface area contributed by atoms with Crippen molar-refractivity contribution in [1.29, 1.82) is 0 Å². The van der Waals surface area contributed by atoms with Crippen LogP contribution in [-0.4, -0.2) is 33.9 Å². The third kappa shape index (κ3) is 2.47. The van der Waals surface area contributed by atoms with Crippen LogP contribution in [0.25, 0.3) is 11.1 Å². The maximum atomic E-state index is 13.3. The number of hydrogen-bond acceptors (Lipinski definition) is 2. The summed E-state index contributed by atoms with van der Waals surface area (Å²) in [6.07, 6.45) is 2.76. The molecule has 2 aromatic carbocycles. The van der Waals surface area contributed by atoms with Gasteiger partial charge in [0.05, 0.1) is 12.1 Å². The molecule has 0 N–H and O–H groups in total. The average Bonchev–Trinajstić information content (AvgIpc) is 3.33. The van der Waals surface area contributed by atoms with Gasteiger partial charge in [0, 0.05) is 21.1 Å². The van der Waals surface area contributed by atoms with Gasteiger partial charge in [0.2, 0.25) is 4.87 Å². The van der Waals surface area contributed by atoms with Crippen LogP contribution in [0, 0.1) is 19.9 Å². The van der Waals surface area contributed by atoms with Crippen LogP contribution in [0.15, 0.2) is 36.4 Å². The van der Waals surface area contributed by atoms with Crippen molar-refractivity contribution < 1.29 is 30.7 Å². The first-order valence-electron chi connectivity index (χ1n) is 9.38. The molecule has 144 valence electrons. The fourth-order valence-corrected chi connectivity index (χ4v) is 5.30. The van der Waals surface area contributed by atoms with Crippen molar-refractivity contribution in [1.82, 2.24) is 10.0 Å². The molecule has 2 aromatic rings. The number of fused-ring (bicyclic) bond motifs is 5. The van der Waals surface area contributed by atoms with E-state index >= 15 is 0 Å². The van der Waals surface area contributed by atoms with E-state index in [-0.39, 0.29) is 45.0 Å². The van der Waals surface area contributed by atoms with Crippen LogP contribution in [0.3, 0.4) is 0 Å². The van der Waals surface area contributed by atoms with Gasteiger partial charge < -0.3 is 0 Å². The number of hydrogen-bond donors (Lipinski definition) is 0. The van der Waals surface area contributed by atoms with E-state index in [1.165, 1.54) is 0 Å². The minimum atomic E-state index is -1.71. The number of carbonyl (C=O) groups is 2. The first kappa shape index (κ1) is 19.7. The third-order valence-corrected chi connectivity index (χ3v) is 6.70. The number of halogens is 1. The fraction of sp³-hybridized carbons (Fsp3) is 0.364. The van der Waals surface area contributed by atoms with Crippen LogP contribution in [0.2, 0.25) is 0 Å². The molecular weight excluding hydrogens is 544 g/mol. The summed E-state index contributed by atoms with van der Waals surface area (Å²) in [4.78, 5) is 24.9. The quantitative estimate of drug-likeness (QED) is 0.318. The summed E-state index contributed by atoms with van der Waals surface area (Å²) in [5.74, 6) is -0.632. The number of aryl methyl sites for hydroxylation is 2. The molecule has 2 bridgehead atoms. The molecule has 0 spiro atoms. The second-order valence-electron chi connectivity index (χ2n) is 7.83. The van der Waals surface area contributed by atoms with E-state index in [9.17, 15) is 9.59 Å². The molecule has 4 nitrogen and oxygen atoms in total. The summed E-state index contributed by atoms with van der Waals surface area (Å²) in [5.41, 5.74) is 4.22. The summed E-state index contributed by atoms with van der Waals surface area (Å²) in [6.45, 7) is 3.91. The van der Waals surface area contributed by atoms with Gasteiger partial charge in [0.1, 0.15) is 0 Å². The predicted molar refractivity (Wildman–Crippen MR) is 103 cm³/mol. The van der Waals surface area contributed by atoms with Crippen molar-refractivity contribution in [2.45, 2.75) is 50.1 Å². The molecule has 0 aromatic heterocycles. The number of rotatable bonds is 2. The smallest absolute Gasteiger partial charge is 0.270 e. The van der Waals surface area contributed by atoms with Crippen LogP contribution in [0.5, 0.6) is 0 Å². The first-order chi connectivity index (χ1) is 12.9. The topological polar surface area (TPSA) is 40.6 Å². The standard InChI is InChI=1S/C22H20ClN2O2.W/c1-13-10-14(2)19(12-18(13)15-6-4-3-5-7-15)22(23)20(26)24-16-8-9-17(11-16)25(24)21(22)27;/h3-7,10,16-17H,8-9,11H2,1-2H3;/q-1;. The van der Waals surface area contributed by atoms with E-state index in [1.807, 2.05) is 50.2 Å². The molecule has 2 unspecified atom stereocenters. The Morgan fingerprint density at radius 2 is 1.57 bits per heavy atom. The number of hydrazine groups is 1. The molecule has 1 aliphatic carbocycles. The normalized spacial score (nSPS) is 28.0. The Morgan fingerprint density at radius 3 is 2.14 bits per heavy atom. The predicted octanol–water partition coefficient (Wildman–Crippen LogP) is 3.72. The van der Waals surface area contributed by atoms with Gasteiger partial charge >= 0.3 is 0 Å². The Bertz CT molecular complexity index is 950. The first-order valence-corrected chi connectivity index (χ1v) is 9.76. The Labute approximate surface area is 184 Å². The molecule has 3 fully saturated rings. The second-order valence-corrected chi connectivity index (χ2v) is 8.40. The van der Waals surface area contributed by atoms with Crippen molar-refractivity contribution in [2.75, 3.05) is 0 Å². The van der Waals surface area contributed by atoms with Gasteiger partial charge in [0.25, 0.3) is 11.8 Å². The number of carbonyl (C=O) groups excluding carboxylic acids is 2. The molecule has 6 heteroatoms. The maximum absolute atomic E-state index is 13.3. The minimum Gasteiger partial charge on any atom is -0.270 e. The molecule has 2 aliphatic heterocycles. The monoisotopic (exact) mass is 563 g/mol. The van der Waals surface area contributed by atoms with Crippen LogP contribution < -0.4 is 0 Å². The Morgan fingerprint density at radius 1 is 1.00 bits per heavy atom. The summed E-state index contributed by atoms with van der Waals surface area (Å²) >= 11 is 6.86. The van der Waals surface area contributed by atoms with Crippen LogP contribution in [0.1, 0.15) is 36.0 Å². The number of amides is 2. The van der Waals surface area contributed by atoms with Gasteiger partial charge in [-0.25, -0.2) is 10.0 Å². The van der Waals surface area contributed by atoms with E-state index < -0.39 is 4.87 Å². The Balaban J connectivity index is 0.00000192. The molecule has 2 saturated heterocycles. The van der Waals surface area contributed by atoms with Crippen molar-refractivity contribution in [3.63, 3.8) is 0 Å². The van der Waals surface area contributed by atoms with Crippen LogP contribution in [-0.2, 0) is 35.5 Å².